The van der Waals surface area contributed by atoms with Crippen molar-refractivity contribution < 1.29 is 4.79 Å². The van der Waals surface area contributed by atoms with Crippen LogP contribution in [0, 0.1) is 0 Å². The molecule has 0 saturated carbocycles. The summed E-state index contributed by atoms with van der Waals surface area (Å²) in [5.41, 5.74) is 0. The number of nitrogens with one attached hydrogen (secondary N) is 1. The van der Waals surface area contributed by atoms with Gasteiger partial charge in [0.1, 0.15) is 0 Å². The summed E-state index contributed by atoms with van der Waals surface area (Å²) in [5.74, 6) is 0.307. The summed E-state index contributed by atoms with van der Waals surface area (Å²) in [6, 6.07) is 0.512. The maximum atomic E-state index is 11.8. The second kappa shape index (κ2) is 9.64. The number of rotatable bonds is 9. The molecule has 0 aromatic rings. The van der Waals surface area contributed by atoms with Gasteiger partial charge < -0.3 is 10.2 Å². The van der Waals surface area contributed by atoms with Crippen LogP contribution in [0.5, 0.6) is 0 Å². The normalized spacial score (nSPS) is 10.8. The topological polar surface area (TPSA) is 32.3 Å². The minimum absolute atomic E-state index is 0.307. The van der Waals surface area contributed by atoms with Crippen LogP contribution in [0.1, 0.15) is 53.4 Å². The van der Waals surface area contributed by atoms with Gasteiger partial charge in [-0.2, -0.15) is 0 Å². The molecule has 0 radical (unpaired) electrons. The standard InChI is InChI=1S/C13H28N2O/c1-5-7-11-15(6-2)13(16)9-8-10-14-12(3)4/h12,14H,5-11H2,1-4H3. The highest BCUT2D eigenvalue weighted by Gasteiger charge is 2.09. The molecular formula is C13H28N2O. The second-order valence-corrected chi connectivity index (χ2v) is 4.54. The summed E-state index contributed by atoms with van der Waals surface area (Å²) >= 11 is 0. The van der Waals surface area contributed by atoms with Crippen LogP contribution in [-0.2, 0) is 4.79 Å². The lowest BCUT2D eigenvalue weighted by Crippen LogP contribution is -2.32. The van der Waals surface area contributed by atoms with E-state index in [9.17, 15) is 4.79 Å². The molecule has 3 heteroatoms. The molecule has 0 saturated heterocycles. The van der Waals surface area contributed by atoms with Gasteiger partial charge in [-0.1, -0.05) is 27.2 Å². The lowest BCUT2D eigenvalue weighted by molar-refractivity contribution is -0.131. The number of hydrogen-bond acceptors (Lipinski definition) is 2. The van der Waals surface area contributed by atoms with E-state index in [-0.39, 0.29) is 0 Å². The smallest absolute Gasteiger partial charge is 0.222 e. The minimum Gasteiger partial charge on any atom is -0.343 e. The zero-order valence-electron chi connectivity index (χ0n) is 11.4. The zero-order chi connectivity index (χ0) is 12.4. The van der Waals surface area contributed by atoms with Gasteiger partial charge >= 0.3 is 0 Å². The molecule has 0 atom stereocenters. The lowest BCUT2D eigenvalue weighted by Gasteiger charge is -2.20. The van der Waals surface area contributed by atoms with Gasteiger partial charge in [0.15, 0.2) is 0 Å². The molecule has 0 unspecified atom stereocenters. The van der Waals surface area contributed by atoms with E-state index in [0.717, 1.165) is 38.9 Å². The van der Waals surface area contributed by atoms with Gasteiger partial charge in [0.25, 0.3) is 0 Å². The average molecular weight is 228 g/mol. The van der Waals surface area contributed by atoms with E-state index in [0.29, 0.717) is 18.4 Å². The third-order valence-corrected chi connectivity index (χ3v) is 2.64. The fourth-order valence-electron chi connectivity index (χ4n) is 1.60. The molecular weight excluding hydrogens is 200 g/mol. The summed E-state index contributed by atoms with van der Waals surface area (Å²) in [6.07, 6.45) is 3.89. The van der Waals surface area contributed by atoms with Gasteiger partial charge in [-0.15, -0.1) is 0 Å². The first-order valence-corrected chi connectivity index (χ1v) is 6.62. The maximum Gasteiger partial charge on any atom is 0.222 e. The van der Waals surface area contributed by atoms with Crippen molar-refractivity contribution in [2.24, 2.45) is 0 Å². The van der Waals surface area contributed by atoms with Crippen LogP contribution in [0.15, 0.2) is 0 Å². The van der Waals surface area contributed by atoms with Gasteiger partial charge in [0.2, 0.25) is 5.91 Å². The van der Waals surface area contributed by atoms with Crippen molar-refractivity contribution in [2.45, 2.75) is 59.4 Å². The van der Waals surface area contributed by atoms with Crippen molar-refractivity contribution in [2.75, 3.05) is 19.6 Å². The Hall–Kier alpha value is -0.570. The van der Waals surface area contributed by atoms with E-state index in [2.05, 4.69) is 33.0 Å². The number of carbonyl (C=O) groups excluding carboxylic acids is 1. The van der Waals surface area contributed by atoms with E-state index in [1.807, 2.05) is 4.90 Å². The van der Waals surface area contributed by atoms with Gasteiger partial charge in [-0.05, 0) is 26.3 Å². The number of unbranched alkanes of at least 4 members (excludes halogenated alkanes) is 1. The fraction of sp³-hybridized carbons (Fsp3) is 0.923. The summed E-state index contributed by atoms with van der Waals surface area (Å²) in [5, 5.41) is 3.33. The maximum absolute atomic E-state index is 11.8. The molecule has 0 aliphatic carbocycles. The summed E-state index contributed by atoms with van der Waals surface area (Å²) < 4.78 is 0. The molecule has 0 fully saturated rings. The summed E-state index contributed by atoms with van der Waals surface area (Å²) in [4.78, 5) is 13.8. The number of hydrogen-bond donors (Lipinski definition) is 1. The Morgan fingerprint density at radius 1 is 1.25 bits per heavy atom. The minimum atomic E-state index is 0.307. The van der Waals surface area contributed by atoms with Gasteiger partial charge in [-0.3, -0.25) is 4.79 Å². The van der Waals surface area contributed by atoms with Crippen LogP contribution in [-0.4, -0.2) is 36.5 Å². The Balaban J connectivity index is 3.66. The van der Waals surface area contributed by atoms with Crippen LogP contribution in [0.2, 0.25) is 0 Å². The van der Waals surface area contributed by atoms with Crippen molar-refractivity contribution in [3.63, 3.8) is 0 Å². The zero-order valence-corrected chi connectivity index (χ0v) is 11.4. The first-order chi connectivity index (χ1) is 7.61. The van der Waals surface area contributed by atoms with E-state index in [1.165, 1.54) is 0 Å². The van der Waals surface area contributed by atoms with E-state index in [1.54, 1.807) is 0 Å². The molecule has 0 bridgehead atoms. The first-order valence-electron chi connectivity index (χ1n) is 6.62. The van der Waals surface area contributed by atoms with Gasteiger partial charge in [0.05, 0.1) is 0 Å². The van der Waals surface area contributed by atoms with Gasteiger partial charge in [0, 0.05) is 25.6 Å². The molecule has 16 heavy (non-hydrogen) atoms. The SMILES string of the molecule is CCCCN(CC)C(=O)CCCNC(C)C. The van der Waals surface area contributed by atoms with Crippen LogP contribution >= 0.6 is 0 Å². The van der Waals surface area contributed by atoms with E-state index >= 15 is 0 Å². The largest absolute Gasteiger partial charge is 0.343 e. The Bertz CT molecular complexity index is 181. The molecule has 0 heterocycles. The van der Waals surface area contributed by atoms with E-state index in [4.69, 9.17) is 0 Å². The van der Waals surface area contributed by atoms with Crippen molar-refractivity contribution in [1.82, 2.24) is 10.2 Å². The Kier molecular flexibility index (Phi) is 9.30. The Labute approximate surface area is 101 Å². The number of nitrogens with zero attached hydrogens (tertiary/aromatic N) is 1. The third kappa shape index (κ3) is 7.69. The Morgan fingerprint density at radius 2 is 1.94 bits per heavy atom. The molecule has 0 aromatic heterocycles. The second-order valence-electron chi connectivity index (χ2n) is 4.54. The van der Waals surface area contributed by atoms with Crippen LogP contribution < -0.4 is 5.32 Å². The van der Waals surface area contributed by atoms with Crippen LogP contribution in [0.25, 0.3) is 0 Å². The third-order valence-electron chi connectivity index (χ3n) is 2.64. The number of amides is 1. The van der Waals surface area contributed by atoms with Crippen LogP contribution in [0.3, 0.4) is 0 Å². The predicted molar refractivity (Wildman–Crippen MR) is 69.5 cm³/mol. The fourth-order valence-corrected chi connectivity index (χ4v) is 1.60. The highest BCUT2D eigenvalue weighted by molar-refractivity contribution is 5.76. The first kappa shape index (κ1) is 15.4. The lowest BCUT2D eigenvalue weighted by atomic mass is 10.2. The molecule has 0 aliphatic heterocycles. The van der Waals surface area contributed by atoms with Crippen molar-refractivity contribution in [3.05, 3.63) is 0 Å². The summed E-state index contributed by atoms with van der Waals surface area (Å²) in [6.45, 7) is 11.2. The van der Waals surface area contributed by atoms with E-state index < -0.39 is 0 Å². The van der Waals surface area contributed by atoms with Crippen molar-refractivity contribution in [1.29, 1.82) is 0 Å². The molecule has 0 aromatic carbocycles. The molecule has 96 valence electrons. The van der Waals surface area contributed by atoms with Crippen molar-refractivity contribution in [3.8, 4) is 0 Å². The average Bonchev–Trinajstić information content (AvgIpc) is 2.25. The molecule has 1 N–H and O–H groups in total. The molecule has 0 aliphatic rings. The highest BCUT2D eigenvalue weighted by Crippen LogP contribution is 2.00. The predicted octanol–water partition coefficient (Wildman–Crippen LogP) is 2.41. The molecule has 3 nitrogen and oxygen atoms in total. The summed E-state index contributed by atoms with van der Waals surface area (Å²) in [7, 11) is 0. The molecule has 1 amide bonds. The highest BCUT2D eigenvalue weighted by atomic mass is 16.2. The Morgan fingerprint density at radius 3 is 2.44 bits per heavy atom. The molecule has 0 spiro atoms. The van der Waals surface area contributed by atoms with Crippen LogP contribution in [0.4, 0.5) is 0 Å². The van der Waals surface area contributed by atoms with Gasteiger partial charge in [-0.25, -0.2) is 0 Å². The number of carbonyl (C=O) groups is 1. The molecule has 0 rings (SSSR count). The quantitative estimate of drug-likeness (QED) is 0.615. The monoisotopic (exact) mass is 228 g/mol. The van der Waals surface area contributed by atoms with Crippen molar-refractivity contribution >= 4 is 5.91 Å².